The molecule has 0 unspecified atom stereocenters. The van der Waals surface area contributed by atoms with E-state index in [-0.39, 0.29) is 11.3 Å². The molecule has 21 heavy (non-hydrogen) atoms. The SMILES string of the molecule is COCCC(C)(C)CNC(=O)C(C)(C)c1ccc(N)cc1. The second kappa shape index (κ2) is 6.94. The first-order valence-corrected chi connectivity index (χ1v) is 7.32. The van der Waals surface area contributed by atoms with Crippen LogP contribution in [0.4, 0.5) is 5.69 Å². The van der Waals surface area contributed by atoms with Crippen LogP contribution in [0.5, 0.6) is 0 Å². The Hall–Kier alpha value is -1.55. The molecule has 1 aromatic carbocycles. The van der Waals surface area contributed by atoms with Gasteiger partial charge in [0.25, 0.3) is 0 Å². The smallest absolute Gasteiger partial charge is 0.230 e. The molecular formula is C17H28N2O2. The molecule has 0 aliphatic heterocycles. The summed E-state index contributed by atoms with van der Waals surface area (Å²) in [7, 11) is 1.69. The molecular weight excluding hydrogens is 264 g/mol. The van der Waals surface area contributed by atoms with E-state index in [1.807, 2.05) is 38.1 Å². The van der Waals surface area contributed by atoms with Gasteiger partial charge in [0.1, 0.15) is 0 Å². The Morgan fingerprint density at radius 3 is 2.29 bits per heavy atom. The van der Waals surface area contributed by atoms with Crippen LogP contribution in [0, 0.1) is 5.41 Å². The average molecular weight is 292 g/mol. The summed E-state index contributed by atoms with van der Waals surface area (Å²) in [4.78, 5) is 12.5. The summed E-state index contributed by atoms with van der Waals surface area (Å²) in [5.74, 6) is 0.0257. The van der Waals surface area contributed by atoms with Gasteiger partial charge in [0, 0.05) is 25.9 Å². The Morgan fingerprint density at radius 1 is 1.19 bits per heavy atom. The van der Waals surface area contributed by atoms with Crippen LogP contribution in [0.25, 0.3) is 0 Å². The molecule has 1 aromatic rings. The molecule has 0 bridgehead atoms. The van der Waals surface area contributed by atoms with E-state index in [4.69, 9.17) is 10.5 Å². The topological polar surface area (TPSA) is 64.3 Å². The molecule has 0 saturated carbocycles. The second-order valence-electron chi connectivity index (χ2n) is 6.84. The van der Waals surface area contributed by atoms with Gasteiger partial charge in [-0.15, -0.1) is 0 Å². The number of benzene rings is 1. The van der Waals surface area contributed by atoms with Crippen LogP contribution in [-0.2, 0) is 14.9 Å². The fraction of sp³-hybridized carbons (Fsp3) is 0.588. The van der Waals surface area contributed by atoms with E-state index < -0.39 is 5.41 Å². The van der Waals surface area contributed by atoms with Gasteiger partial charge >= 0.3 is 0 Å². The zero-order valence-electron chi connectivity index (χ0n) is 13.8. The number of rotatable bonds is 7. The number of anilines is 1. The van der Waals surface area contributed by atoms with Gasteiger partial charge in [0.15, 0.2) is 0 Å². The first kappa shape index (κ1) is 17.5. The van der Waals surface area contributed by atoms with Crippen LogP contribution >= 0.6 is 0 Å². The molecule has 4 heteroatoms. The molecule has 1 rings (SSSR count). The predicted molar refractivity (Wildman–Crippen MR) is 87.2 cm³/mol. The fourth-order valence-electron chi connectivity index (χ4n) is 2.04. The summed E-state index contributed by atoms with van der Waals surface area (Å²) in [5, 5.41) is 3.06. The second-order valence-corrected chi connectivity index (χ2v) is 6.84. The highest BCUT2D eigenvalue weighted by molar-refractivity contribution is 5.87. The summed E-state index contributed by atoms with van der Waals surface area (Å²) < 4.78 is 5.11. The van der Waals surface area contributed by atoms with Crippen LogP contribution in [0.2, 0.25) is 0 Å². The average Bonchev–Trinajstić information content (AvgIpc) is 2.43. The monoisotopic (exact) mass is 292 g/mol. The number of ether oxygens (including phenoxy) is 1. The number of methoxy groups -OCH3 is 1. The summed E-state index contributed by atoms with van der Waals surface area (Å²) >= 11 is 0. The van der Waals surface area contributed by atoms with E-state index in [1.54, 1.807) is 7.11 Å². The zero-order chi connectivity index (χ0) is 16.1. The van der Waals surface area contributed by atoms with E-state index in [9.17, 15) is 4.79 Å². The first-order chi connectivity index (χ1) is 9.69. The van der Waals surface area contributed by atoms with Crippen molar-refractivity contribution in [2.75, 3.05) is 26.0 Å². The number of nitrogens with one attached hydrogen (secondary N) is 1. The number of amides is 1. The lowest BCUT2D eigenvalue weighted by Crippen LogP contribution is -2.44. The molecule has 0 spiro atoms. The van der Waals surface area contributed by atoms with Gasteiger partial charge in [-0.3, -0.25) is 4.79 Å². The molecule has 0 heterocycles. The maximum Gasteiger partial charge on any atom is 0.230 e. The van der Waals surface area contributed by atoms with Crippen LogP contribution in [-0.4, -0.2) is 26.2 Å². The van der Waals surface area contributed by atoms with Gasteiger partial charge in [-0.2, -0.15) is 0 Å². The van der Waals surface area contributed by atoms with Crippen LogP contribution in [0.15, 0.2) is 24.3 Å². The van der Waals surface area contributed by atoms with Crippen LogP contribution in [0.3, 0.4) is 0 Å². The highest BCUT2D eigenvalue weighted by Gasteiger charge is 2.30. The normalized spacial score (nSPS) is 12.2. The molecule has 0 aromatic heterocycles. The standard InChI is InChI=1S/C17H28N2O2/c1-16(2,10-11-21-5)12-19-15(20)17(3,4)13-6-8-14(18)9-7-13/h6-9H,10-12,18H2,1-5H3,(H,19,20). The van der Waals surface area contributed by atoms with Crippen molar-refractivity contribution >= 4 is 11.6 Å². The van der Waals surface area contributed by atoms with E-state index in [2.05, 4.69) is 19.2 Å². The lowest BCUT2D eigenvalue weighted by atomic mass is 9.82. The highest BCUT2D eigenvalue weighted by Crippen LogP contribution is 2.25. The van der Waals surface area contributed by atoms with Crippen molar-refractivity contribution in [1.82, 2.24) is 5.32 Å². The number of carbonyl (C=O) groups is 1. The van der Waals surface area contributed by atoms with Crippen molar-refractivity contribution in [2.45, 2.75) is 39.5 Å². The van der Waals surface area contributed by atoms with Crippen molar-refractivity contribution in [1.29, 1.82) is 0 Å². The van der Waals surface area contributed by atoms with E-state index in [0.717, 1.165) is 12.0 Å². The Kier molecular flexibility index (Phi) is 5.78. The van der Waals surface area contributed by atoms with Gasteiger partial charge < -0.3 is 15.8 Å². The predicted octanol–water partition coefficient (Wildman–Crippen LogP) is 2.73. The number of nitrogens with two attached hydrogens (primary N) is 1. The van der Waals surface area contributed by atoms with Crippen molar-refractivity contribution < 1.29 is 9.53 Å². The minimum Gasteiger partial charge on any atom is -0.399 e. The molecule has 0 aliphatic carbocycles. The Balaban J connectivity index is 2.67. The summed E-state index contributed by atoms with van der Waals surface area (Å²) in [6.07, 6.45) is 0.909. The number of carbonyl (C=O) groups excluding carboxylic acids is 1. The molecule has 4 nitrogen and oxygen atoms in total. The van der Waals surface area contributed by atoms with Gasteiger partial charge in [-0.05, 0) is 43.4 Å². The lowest BCUT2D eigenvalue weighted by Gasteiger charge is -2.29. The maximum absolute atomic E-state index is 12.5. The first-order valence-electron chi connectivity index (χ1n) is 7.32. The van der Waals surface area contributed by atoms with Crippen LogP contribution in [0.1, 0.15) is 39.7 Å². The summed E-state index contributed by atoms with van der Waals surface area (Å²) in [6, 6.07) is 7.47. The Morgan fingerprint density at radius 2 is 1.76 bits per heavy atom. The zero-order valence-corrected chi connectivity index (χ0v) is 13.8. The van der Waals surface area contributed by atoms with Gasteiger partial charge in [-0.25, -0.2) is 0 Å². The highest BCUT2D eigenvalue weighted by atomic mass is 16.5. The summed E-state index contributed by atoms with van der Waals surface area (Å²) in [6.45, 7) is 9.44. The maximum atomic E-state index is 12.5. The van der Waals surface area contributed by atoms with E-state index in [0.29, 0.717) is 18.8 Å². The van der Waals surface area contributed by atoms with E-state index >= 15 is 0 Å². The van der Waals surface area contributed by atoms with Crippen molar-refractivity contribution in [2.24, 2.45) is 5.41 Å². The van der Waals surface area contributed by atoms with Crippen molar-refractivity contribution in [3.05, 3.63) is 29.8 Å². The van der Waals surface area contributed by atoms with Crippen molar-refractivity contribution in [3.63, 3.8) is 0 Å². The largest absolute Gasteiger partial charge is 0.399 e. The molecule has 0 aliphatic rings. The molecule has 0 saturated heterocycles. The van der Waals surface area contributed by atoms with Gasteiger partial charge in [0.05, 0.1) is 5.41 Å². The molecule has 3 N–H and O–H groups in total. The van der Waals surface area contributed by atoms with Crippen molar-refractivity contribution in [3.8, 4) is 0 Å². The Labute approximate surface area is 128 Å². The molecule has 0 atom stereocenters. The fourth-order valence-corrected chi connectivity index (χ4v) is 2.04. The molecule has 0 radical (unpaired) electrons. The number of nitrogen functional groups attached to an aromatic ring is 1. The minimum absolute atomic E-state index is 0.0167. The van der Waals surface area contributed by atoms with Crippen LogP contribution < -0.4 is 11.1 Å². The lowest BCUT2D eigenvalue weighted by molar-refractivity contribution is -0.126. The third kappa shape index (κ3) is 5.05. The number of hydrogen-bond donors (Lipinski definition) is 2. The minimum atomic E-state index is -0.578. The Bertz CT molecular complexity index is 464. The molecule has 1 amide bonds. The van der Waals surface area contributed by atoms with Gasteiger partial charge in [-0.1, -0.05) is 26.0 Å². The third-order valence-corrected chi connectivity index (χ3v) is 3.91. The molecule has 0 fully saturated rings. The summed E-state index contributed by atoms with van der Waals surface area (Å²) in [5.41, 5.74) is 6.80. The molecule has 118 valence electrons. The number of hydrogen-bond acceptors (Lipinski definition) is 3. The third-order valence-electron chi connectivity index (χ3n) is 3.91. The van der Waals surface area contributed by atoms with Gasteiger partial charge in [0.2, 0.25) is 5.91 Å². The van der Waals surface area contributed by atoms with E-state index in [1.165, 1.54) is 0 Å². The quantitative estimate of drug-likeness (QED) is 0.759.